The number of hydrogen-bond donors (Lipinski definition) is 1. The normalized spacial score (nSPS) is 10.7. The molecule has 0 fully saturated rings. The molecular formula is C17H16N2O4S2. The summed E-state index contributed by atoms with van der Waals surface area (Å²) in [5.41, 5.74) is 2.90. The Balaban J connectivity index is 1.97. The first kappa shape index (κ1) is 17.5. The molecule has 0 saturated carbocycles. The zero-order valence-electron chi connectivity index (χ0n) is 13.9. The maximum Gasteiger partial charge on any atom is 0.341 e. The molecule has 6 nitrogen and oxygen atoms in total. The molecule has 1 N–H and O–H groups in total. The number of aromatic nitrogens is 2. The lowest BCUT2D eigenvalue weighted by molar-refractivity contribution is 0.0597. The van der Waals surface area contributed by atoms with Crippen molar-refractivity contribution in [2.75, 3.05) is 14.2 Å². The van der Waals surface area contributed by atoms with Crippen molar-refractivity contribution in [2.45, 2.75) is 13.5 Å². The quantitative estimate of drug-likeness (QED) is 0.686. The van der Waals surface area contributed by atoms with Crippen molar-refractivity contribution in [1.29, 1.82) is 0 Å². The first-order valence-corrected chi connectivity index (χ1v) is 9.06. The average molecular weight is 376 g/mol. The molecule has 8 heteroatoms. The number of aryl methyl sites for hydroxylation is 1. The van der Waals surface area contributed by atoms with Gasteiger partial charge in [-0.1, -0.05) is 6.07 Å². The summed E-state index contributed by atoms with van der Waals surface area (Å²) in [5, 5.41) is 12.7. The van der Waals surface area contributed by atoms with Gasteiger partial charge in [-0.05, 0) is 19.1 Å². The van der Waals surface area contributed by atoms with Crippen LogP contribution in [0.5, 0.6) is 5.75 Å². The van der Waals surface area contributed by atoms with Crippen molar-refractivity contribution >= 4 is 28.6 Å². The Morgan fingerprint density at radius 3 is 2.72 bits per heavy atom. The number of aliphatic hydroxyl groups is 1. The van der Waals surface area contributed by atoms with Gasteiger partial charge < -0.3 is 14.6 Å². The zero-order chi connectivity index (χ0) is 18.0. The minimum absolute atomic E-state index is 0.0747. The average Bonchev–Trinajstić information content (AvgIpc) is 3.26. The summed E-state index contributed by atoms with van der Waals surface area (Å²) in [6, 6.07) is 5.26. The SMILES string of the molecule is COC(=O)c1ccc(-c2nc(-c3sc(CO)nc3C)cs2)cc1OC. The predicted octanol–water partition coefficient (Wildman–Crippen LogP) is 3.53. The monoisotopic (exact) mass is 376 g/mol. The highest BCUT2D eigenvalue weighted by atomic mass is 32.1. The predicted molar refractivity (Wildman–Crippen MR) is 97.2 cm³/mol. The number of ether oxygens (including phenoxy) is 2. The van der Waals surface area contributed by atoms with E-state index in [1.165, 1.54) is 36.9 Å². The molecule has 25 heavy (non-hydrogen) atoms. The maximum absolute atomic E-state index is 11.8. The van der Waals surface area contributed by atoms with Crippen LogP contribution >= 0.6 is 22.7 Å². The first-order valence-electron chi connectivity index (χ1n) is 7.37. The summed E-state index contributed by atoms with van der Waals surface area (Å²) in [7, 11) is 2.84. The Labute approximate surface area is 152 Å². The largest absolute Gasteiger partial charge is 0.496 e. The summed E-state index contributed by atoms with van der Waals surface area (Å²) in [6.45, 7) is 1.83. The standard InChI is InChI=1S/C17H16N2O4S2/c1-9-15(25-14(7-20)18-9)12-8-24-16(19-12)10-4-5-11(17(21)23-3)13(6-10)22-2/h4-6,8,20H,7H2,1-3H3. The lowest BCUT2D eigenvalue weighted by atomic mass is 10.1. The molecule has 0 radical (unpaired) electrons. The molecule has 2 heterocycles. The van der Waals surface area contributed by atoms with Gasteiger partial charge in [-0.3, -0.25) is 0 Å². The van der Waals surface area contributed by atoms with Crippen LogP contribution in [0, 0.1) is 6.92 Å². The van der Waals surface area contributed by atoms with Crippen molar-refractivity contribution < 1.29 is 19.4 Å². The fourth-order valence-electron chi connectivity index (χ4n) is 2.37. The molecule has 0 bridgehead atoms. The summed E-state index contributed by atoms with van der Waals surface area (Å²) in [4.78, 5) is 21.7. The Morgan fingerprint density at radius 1 is 1.28 bits per heavy atom. The molecule has 0 aliphatic carbocycles. The fraction of sp³-hybridized carbons (Fsp3) is 0.235. The number of benzene rings is 1. The molecule has 130 valence electrons. The van der Waals surface area contributed by atoms with Crippen LogP contribution in [0.2, 0.25) is 0 Å². The van der Waals surface area contributed by atoms with E-state index in [2.05, 4.69) is 9.97 Å². The fourth-order valence-corrected chi connectivity index (χ4v) is 4.14. The summed E-state index contributed by atoms with van der Waals surface area (Å²) < 4.78 is 10.1. The smallest absolute Gasteiger partial charge is 0.341 e. The second-order valence-corrected chi connectivity index (χ2v) is 7.07. The number of methoxy groups -OCH3 is 2. The third kappa shape index (κ3) is 3.41. The summed E-state index contributed by atoms with van der Waals surface area (Å²) in [6.07, 6.45) is 0. The molecule has 1 aromatic carbocycles. The topological polar surface area (TPSA) is 81.5 Å². The molecule has 0 amide bonds. The van der Waals surface area contributed by atoms with Gasteiger partial charge in [0.2, 0.25) is 0 Å². The third-order valence-corrected chi connectivity index (χ3v) is 5.62. The number of thiazole rings is 2. The highest BCUT2D eigenvalue weighted by Crippen LogP contribution is 2.35. The van der Waals surface area contributed by atoms with E-state index in [4.69, 9.17) is 9.47 Å². The van der Waals surface area contributed by atoms with Crippen molar-refractivity contribution in [1.82, 2.24) is 9.97 Å². The number of aliphatic hydroxyl groups excluding tert-OH is 1. The van der Waals surface area contributed by atoms with E-state index in [1.54, 1.807) is 12.1 Å². The van der Waals surface area contributed by atoms with Gasteiger partial charge in [-0.15, -0.1) is 22.7 Å². The van der Waals surface area contributed by atoms with Crippen LogP contribution in [0.25, 0.3) is 21.1 Å². The van der Waals surface area contributed by atoms with E-state index in [1.807, 2.05) is 18.4 Å². The van der Waals surface area contributed by atoms with Gasteiger partial charge in [0.15, 0.2) is 0 Å². The molecule has 2 aromatic heterocycles. The van der Waals surface area contributed by atoms with Gasteiger partial charge in [0.05, 0.1) is 37.1 Å². The second kappa shape index (κ2) is 7.30. The Bertz CT molecular complexity index is 917. The van der Waals surface area contributed by atoms with Crippen molar-refractivity contribution in [2.24, 2.45) is 0 Å². The Morgan fingerprint density at radius 2 is 2.08 bits per heavy atom. The number of hydrogen-bond acceptors (Lipinski definition) is 8. The van der Waals surface area contributed by atoms with Crippen LogP contribution < -0.4 is 4.74 Å². The van der Waals surface area contributed by atoms with Crippen LogP contribution in [0.3, 0.4) is 0 Å². The van der Waals surface area contributed by atoms with E-state index in [0.717, 1.165) is 26.8 Å². The van der Waals surface area contributed by atoms with Crippen molar-refractivity contribution in [3.05, 3.63) is 39.8 Å². The van der Waals surface area contributed by atoms with Gasteiger partial charge >= 0.3 is 5.97 Å². The summed E-state index contributed by atoms with van der Waals surface area (Å²) in [5.74, 6) is -0.00215. The number of esters is 1. The molecule has 3 rings (SSSR count). The van der Waals surface area contributed by atoms with Crippen LogP contribution in [0.15, 0.2) is 23.6 Å². The van der Waals surface area contributed by atoms with E-state index in [0.29, 0.717) is 16.3 Å². The van der Waals surface area contributed by atoms with Crippen molar-refractivity contribution in [3.8, 4) is 26.9 Å². The van der Waals surface area contributed by atoms with E-state index >= 15 is 0 Å². The van der Waals surface area contributed by atoms with Gasteiger partial charge in [0, 0.05) is 10.9 Å². The minimum atomic E-state index is -0.444. The highest BCUT2D eigenvalue weighted by molar-refractivity contribution is 7.16. The van der Waals surface area contributed by atoms with Crippen LogP contribution in [-0.2, 0) is 11.3 Å². The first-order chi connectivity index (χ1) is 12.1. The van der Waals surface area contributed by atoms with E-state index < -0.39 is 5.97 Å². The molecule has 0 atom stereocenters. The Kier molecular flexibility index (Phi) is 5.12. The van der Waals surface area contributed by atoms with Crippen LogP contribution in [0.1, 0.15) is 21.1 Å². The molecular weight excluding hydrogens is 360 g/mol. The number of carbonyl (C=O) groups excluding carboxylic acids is 1. The molecule has 0 unspecified atom stereocenters. The molecule has 0 spiro atoms. The molecule has 0 aliphatic heterocycles. The second-order valence-electron chi connectivity index (χ2n) is 5.12. The van der Waals surface area contributed by atoms with Crippen molar-refractivity contribution in [3.63, 3.8) is 0 Å². The third-order valence-electron chi connectivity index (χ3n) is 3.57. The maximum atomic E-state index is 11.8. The van der Waals surface area contributed by atoms with Gasteiger partial charge in [-0.2, -0.15) is 0 Å². The highest BCUT2D eigenvalue weighted by Gasteiger charge is 2.17. The minimum Gasteiger partial charge on any atom is -0.496 e. The number of carbonyl (C=O) groups is 1. The summed E-state index contributed by atoms with van der Waals surface area (Å²) >= 11 is 2.93. The van der Waals surface area contributed by atoms with Crippen LogP contribution in [-0.4, -0.2) is 35.3 Å². The lowest BCUT2D eigenvalue weighted by Crippen LogP contribution is -2.04. The molecule has 0 saturated heterocycles. The lowest BCUT2D eigenvalue weighted by Gasteiger charge is -2.08. The van der Waals surface area contributed by atoms with Gasteiger partial charge in [0.1, 0.15) is 21.3 Å². The van der Waals surface area contributed by atoms with E-state index in [9.17, 15) is 9.90 Å². The number of nitrogens with zero attached hydrogens (tertiary/aromatic N) is 2. The molecule has 0 aliphatic rings. The zero-order valence-corrected chi connectivity index (χ0v) is 15.5. The van der Waals surface area contributed by atoms with Crippen LogP contribution in [0.4, 0.5) is 0 Å². The van der Waals surface area contributed by atoms with Gasteiger partial charge in [-0.25, -0.2) is 14.8 Å². The van der Waals surface area contributed by atoms with Gasteiger partial charge in [0.25, 0.3) is 0 Å². The Hall–Kier alpha value is -2.29. The number of rotatable bonds is 5. The molecule has 3 aromatic rings. The van der Waals surface area contributed by atoms with E-state index in [-0.39, 0.29) is 6.61 Å².